The highest BCUT2D eigenvalue weighted by atomic mass is 19.4. The molecule has 0 radical (unpaired) electrons. The molecule has 8 heteroatoms. The van der Waals surface area contributed by atoms with Crippen molar-refractivity contribution in [3.63, 3.8) is 0 Å². The number of anilines is 1. The lowest BCUT2D eigenvalue weighted by Gasteiger charge is -2.12. The van der Waals surface area contributed by atoms with Gasteiger partial charge < -0.3 is 4.74 Å². The molecule has 2 N–H and O–H groups in total. The Labute approximate surface area is 130 Å². The molecule has 122 valence electrons. The number of carbonyl (C=O) groups is 1. The molecule has 1 amide bonds. The summed E-state index contributed by atoms with van der Waals surface area (Å²) in [7, 11) is 0. The number of nitrogens with zero attached hydrogens (tertiary/aromatic N) is 1. The number of nitrogens with one attached hydrogen (secondary N) is 2. The van der Waals surface area contributed by atoms with E-state index in [1.165, 1.54) is 24.4 Å². The monoisotopic (exact) mass is 325 g/mol. The Morgan fingerprint density at radius 1 is 1.26 bits per heavy atom. The summed E-state index contributed by atoms with van der Waals surface area (Å²) in [6.07, 6.45) is -2.98. The third-order valence-corrected chi connectivity index (χ3v) is 2.81. The Kier molecular flexibility index (Phi) is 5.05. The predicted octanol–water partition coefficient (Wildman–Crippen LogP) is 3.26. The van der Waals surface area contributed by atoms with Crippen molar-refractivity contribution < 1.29 is 22.7 Å². The van der Waals surface area contributed by atoms with Gasteiger partial charge in [-0.25, -0.2) is 4.98 Å². The molecule has 5 nitrogen and oxygen atoms in total. The van der Waals surface area contributed by atoms with Crippen LogP contribution in [0, 0.1) is 0 Å². The smallest absolute Gasteiger partial charge is 0.416 e. The molecule has 2 aromatic rings. The number of amides is 1. The minimum Gasteiger partial charge on any atom is -0.477 e. The van der Waals surface area contributed by atoms with Crippen molar-refractivity contribution >= 4 is 11.6 Å². The lowest BCUT2D eigenvalue weighted by Crippen LogP contribution is -2.30. The van der Waals surface area contributed by atoms with Gasteiger partial charge in [-0.1, -0.05) is 6.07 Å². The maximum atomic E-state index is 12.6. The largest absolute Gasteiger partial charge is 0.477 e. The van der Waals surface area contributed by atoms with E-state index in [9.17, 15) is 18.0 Å². The van der Waals surface area contributed by atoms with E-state index in [0.717, 1.165) is 12.1 Å². The van der Waals surface area contributed by atoms with Crippen LogP contribution in [0.5, 0.6) is 5.88 Å². The highest BCUT2D eigenvalue weighted by Gasteiger charge is 2.30. The molecule has 1 aromatic carbocycles. The lowest BCUT2D eigenvalue weighted by molar-refractivity contribution is -0.137. The molecule has 0 atom stereocenters. The van der Waals surface area contributed by atoms with Crippen LogP contribution in [-0.4, -0.2) is 17.5 Å². The van der Waals surface area contributed by atoms with Crippen molar-refractivity contribution in [2.45, 2.75) is 13.1 Å². The number of hydrogen-bond acceptors (Lipinski definition) is 4. The van der Waals surface area contributed by atoms with Gasteiger partial charge in [0.15, 0.2) is 0 Å². The highest BCUT2D eigenvalue weighted by Crippen LogP contribution is 2.30. The molecule has 1 heterocycles. The van der Waals surface area contributed by atoms with E-state index < -0.39 is 17.6 Å². The van der Waals surface area contributed by atoms with Gasteiger partial charge in [-0.2, -0.15) is 13.2 Å². The SMILES string of the molecule is CCOc1ncccc1C(=O)NNc1cccc(C(F)(F)F)c1. The molecule has 0 aliphatic rings. The number of aromatic nitrogens is 1. The fraction of sp³-hybridized carbons (Fsp3) is 0.200. The van der Waals surface area contributed by atoms with Crippen molar-refractivity contribution in [1.82, 2.24) is 10.4 Å². The molecule has 2 rings (SSSR count). The first-order chi connectivity index (χ1) is 10.9. The van der Waals surface area contributed by atoms with E-state index in [1.54, 1.807) is 13.0 Å². The van der Waals surface area contributed by atoms with Crippen LogP contribution in [0.25, 0.3) is 0 Å². The van der Waals surface area contributed by atoms with Crippen LogP contribution in [0.3, 0.4) is 0 Å². The van der Waals surface area contributed by atoms with E-state index >= 15 is 0 Å². The van der Waals surface area contributed by atoms with E-state index in [4.69, 9.17) is 4.74 Å². The maximum absolute atomic E-state index is 12.6. The van der Waals surface area contributed by atoms with Crippen LogP contribution in [0.1, 0.15) is 22.8 Å². The average molecular weight is 325 g/mol. The minimum absolute atomic E-state index is 0.107. The van der Waals surface area contributed by atoms with Crippen LogP contribution >= 0.6 is 0 Å². The lowest BCUT2D eigenvalue weighted by atomic mass is 10.2. The topological polar surface area (TPSA) is 63.2 Å². The first kappa shape index (κ1) is 16.6. The van der Waals surface area contributed by atoms with Crippen LogP contribution in [0.2, 0.25) is 0 Å². The molecule has 0 spiro atoms. The molecule has 0 aliphatic heterocycles. The van der Waals surface area contributed by atoms with Crippen molar-refractivity contribution in [1.29, 1.82) is 0 Å². The third kappa shape index (κ3) is 4.35. The zero-order valence-electron chi connectivity index (χ0n) is 12.1. The fourth-order valence-corrected chi connectivity index (χ4v) is 1.78. The van der Waals surface area contributed by atoms with E-state index in [1.807, 2.05) is 0 Å². The van der Waals surface area contributed by atoms with Gasteiger partial charge >= 0.3 is 6.18 Å². The number of hydrazine groups is 1. The van der Waals surface area contributed by atoms with E-state index in [0.29, 0.717) is 6.61 Å². The molecular weight excluding hydrogens is 311 g/mol. The quantitative estimate of drug-likeness (QED) is 0.828. The number of benzene rings is 1. The Bertz CT molecular complexity index is 690. The van der Waals surface area contributed by atoms with Gasteiger partial charge in [-0.15, -0.1) is 0 Å². The summed E-state index contributed by atoms with van der Waals surface area (Å²) in [4.78, 5) is 16.0. The van der Waals surface area contributed by atoms with Gasteiger partial charge in [-0.3, -0.25) is 15.6 Å². The van der Waals surface area contributed by atoms with Crippen LogP contribution in [-0.2, 0) is 6.18 Å². The number of rotatable bonds is 5. The summed E-state index contributed by atoms with van der Waals surface area (Å²) in [5.74, 6) is -0.419. The van der Waals surface area contributed by atoms with Crippen LogP contribution in [0.15, 0.2) is 42.6 Å². The summed E-state index contributed by atoms with van der Waals surface area (Å²) < 4.78 is 43.1. The molecule has 1 aromatic heterocycles. The number of hydrogen-bond donors (Lipinski definition) is 2. The van der Waals surface area contributed by atoms with Crippen LogP contribution < -0.4 is 15.6 Å². The van der Waals surface area contributed by atoms with Gasteiger partial charge in [0, 0.05) is 6.20 Å². The van der Waals surface area contributed by atoms with Crippen molar-refractivity contribution in [3.05, 3.63) is 53.7 Å². The second-order valence-electron chi connectivity index (χ2n) is 4.45. The van der Waals surface area contributed by atoms with Gasteiger partial charge in [0.05, 0.1) is 17.9 Å². The number of carbonyl (C=O) groups excluding carboxylic acids is 1. The predicted molar refractivity (Wildman–Crippen MR) is 77.9 cm³/mol. The number of pyridine rings is 1. The number of alkyl halides is 3. The summed E-state index contributed by atoms with van der Waals surface area (Å²) in [6, 6.07) is 7.55. The minimum atomic E-state index is -4.45. The van der Waals surface area contributed by atoms with Gasteiger partial charge in [-0.05, 0) is 37.3 Å². The molecule has 0 fully saturated rings. The summed E-state index contributed by atoms with van der Waals surface area (Å²) in [5.41, 5.74) is 4.23. The number of ether oxygens (including phenoxy) is 1. The molecule has 23 heavy (non-hydrogen) atoms. The normalized spacial score (nSPS) is 11.0. The summed E-state index contributed by atoms with van der Waals surface area (Å²) >= 11 is 0. The van der Waals surface area contributed by atoms with E-state index in [-0.39, 0.29) is 17.1 Å². The molecule has 0 unspecified atom stereocenters. The molecule has 0 saturated carbocycles. The Balaban J connectivity index is 2.08. The van der Waals surface area contributed by atoms with Crippen molar-refractivity contribution in [3.8, 4) is 5.88 Å². The fourth-order valence-electron chi connectivity index (χ4n) is 1.78. The van der Waals surface area contributed by atoms with E-state index in [2.05, 4.69) is 15.8 Å². The standard InChI is InChI=1S/C15H14F3N3O2/c1-2-23-14-12(7-4-8-19-14)13(22)21-20-11-6-3-5-10(9-11)15(16,17)18/h3-9,20H,2H2,1H3,(H,21,22). The summed E-state index contributed by atoms with van der Waals surface area (Å²) in [6.45, 7) is 2.08. The van der Waals surface area contributed by atoms with Gasteiger partial charge in [0.1, 0.15) is 5.56 Å². The highest BCUT2D eigenvalue weighted by molar-refractivity contribution is 5.96. The van der Waals surface area contributed by atoms with Gasteiger partial charge in [0.25, 0.3) is 5.91 Å². The molecule has 0 aliphatic carbocycles. The van der Waals surface area contributed by atoms with Crippen molar-refractivity contribution in [2.75, 3.05) is 12.0 Å². The second kappa shape index (κ2) is 6.99. The third-order valence-electron chi connectivity index (χ3n) is 2.81. The first-order valence-electron chi connectivity index (χ1n) is 6.73. The van der Waals surface area contributed by atoms with Crippen LogP contribution in [0.4, 0.5) is 18.9 Å². The number of halogens is 3. The maximum Gasteiger partial charge on any atom is 0.416 e. The molecular formula is C15H14F3N3O2. The zero-order valence-corrected chi connectivity index (χ0v) is 12.1. The Morgan fingerprint density at radius 2 is 2.04 bits per heavy atom. The Morgan fingerprint density at radius 3 is 2.74 bits per heavy atom. The molecule has 0 bridgehead atoms. The second-order valence-corrected chi connectivity index (χ2v) is 4.45. The van der Waals surface area contributed by atoms with Gasteiger partial charge in [0.2, 0.25) is 5.88 Å². The first-order valence-corrected chi connectivity index (χ1v) is 6.73. The Hall–Kier alpha value is -2.77. The summed E-state index contributed by atoms with van der Waals surface area (Å²) in [5, 5.41) is 0. The molecule has 0 saturated heterocycles. The average Bonchev–Trinajstić information content (AvgIpc) is 2.53. The van der Waals surface area contributed by atoms with Crippen molar-refractivity contribution in [2.24, 2.45) is 0 Å². The zero-order chi connectivity index (χ0) is 16.9.